The van der Waals surface area contributed by atoms with Gasteiger partial charge < -0.3 is 14.5 Å². The van der Waals surface area contributed by atoms with E-state index in [1.54, 1.807) is 4.90 Å². The molecule has 1 fully saturated rings. The number of fused-ring (bicyclic) bond motifs is 1. The number of aryl methyl sites for hydroxylation is 3. The van der Waals surface area contributed by atoms with Gasteiger partial charge in [-0.2, -0.15) is 0 Å². The minimum Gasteiger partial charge on any atom is -0.455 e. The van der Waals surface area contributed by atoms with Gasteiger partial charge in [0.2, 0.25) is 0 Å². The molecule has 30 heavy (non-hydrogen) atoms. The number of benzene rings is 2. The number of hydrogen-bond donors (Lipinski definition) is 0. The van der Waals surface area contributed by atoms with Crippen molar-refractivity contribution in [2.75, 3.05) is 37.7 Å². The van der Waals surface area contributed by atoms with Crippen molar-refractivity contribution in [3.63, 3.8) is 0 Å². The van der Waals surface area contributed by atoms with Crippen LogP contribution in [0.4, 0.5) is 5.69 Å². The van der Waals surface area contributed by atoms with Crippen LogP contribution >= 0.6 is 0 Å². The number of ether oxygens (including phenoxy) is 1. The van der Waals surface area contributed by atoms with E-state index in [1.807, 2.05) is 6.07 Å². The zero-order valence-corrected chi connectivity index (χ0v) is 17.9. The van der Waals surface area contributed by atoms with Gasteiger partial charge in [0.25, 0.3) is 5.91 Å². The van der Waals surface area contributed by atoms with Crippen LogP contribution in [0.3, 0.4) is 0 Å². The molecule has 1 heterocycles. The fraction of sp³-hybridized carbons (Fsp3) is 0.440. The predicted molar refractivity (Wildman–Crippen MR) is 118 cm³/mol. The fourth-order valence-corrected chi connectivity index (χ4v) is 4.46. The first kappa shape index (κ1) is 20.5. The molecule has 1 amide bonds. The fourth-order valence-electron chi connectivity index (χ4n) is 4.46. The zero-order valence-electron chi connectivity index (χ0n) is 17.9. The lowest BCUT2D eigenvalue weighted by molar-refractivity contribution is -0.151. The summed E-state index contributed by atoms with van der Waals surface area (Å²) in [4.78, 5) is 28.8. The SMILES string of the molecule is Cc1cccc(N2CCN(C(=O)COC(=O)Cc3ccc4c(c3)CCC4)CC2)c1C. The van der Waals surface area contributed by atoms with Crippen LogP contribution in [0.25, 0.3) is 0 Å². The zero-order chi connectivity index (χ0) is 21.1. The number of carbonyl (C=O) groups excluding carboxylic acids is 2. The van der Waals surface area contributed by atoms with Gasteiger partial charge in [-0.15, -0.1) is 0 Å². The van der Waals surface area contributed by atoms with E-state index in [0.717, 1.165) is 31.5 Å². The van der Waals surface area contributed by atoms with Crippen molar-refractivity contribution in [3.05, 3.63) is 64.2 Å². The van der Waals surface area contributed by atoms with Crippen molar-refractivity contribution in [1.82, 2.24) is 4.90 Å². The highest BCUT2D eigenvalue weighted by molar-refractivity contribution is 5.81. The lowest BCUT2D eigenvalue weighted by atomic mass is 10.0. The van der Waals surface area contributed by atoms with Gasteiger partial charge in [0, 0.05) is 31.9 Å². The smallest absolute Gasteiger partial charge is 0.310 e. The molecule has 0 radical (unpaired) electrons. The van der Waals surface area contributed by atoms with E-state index in [9.17, 15) is 9.59 Å². The number of nitrogens with zero attached hydrogens (tertiary/aromatic N) is 2. The minimum atomic E-state index is -0.338. The van der Waals surface area contributed by atoms with E-state index in [1.165, 1.54) is 34.4 Å². The average molecular weight is 407 g/mol. The standard InChI is InChI=1S/C25H30N2O3/c1-18-5-3-8-23(19(18)2)26-11-13-27(14-12-26)24(28)17-30-25(29)16-20-9-10-21-6-4-7-22(21)15-20/h3,5,8-10,15H,4,6-7,11-14,16-17H2,1-2H3. The number of anilines is 1. The second kappa shape index (κ2) is 8.90. The molecule has 158 valence electrons. The number of hydrogen-bond acceptors (Lipinski definition) is 4. The molecule has 0 bridgehead atoms. The van der Waals surface area contributed by atoms with Gasteiger partial charge in [0.05, 0.1) is 6.42 Å². The molecule has 0 atom stereocenters. The second-order valence-corrected chi connectivity index (χ2v) is 8.38. The molecule has 0 aromatic heterocycles. The Morgan fingerprint density at radius 2 is 1.73 bits per heavy atom. The maximum absolute atomic E-state index is 12.5. The Bertz CT molecular complexity index is 945. The molecule has 0 unspecified atom stereocenters. The first-order chi connectivity index (χ1) is 14.5. The van der Waals surface area contributed by atoms with Crippen LogP contribution < -0.4 is 4.90 Å². The van der Waals surface area contributed by atoms with Crippen molar-refractivity contribution < 1.29 is 14.3 Å². The molecule has 5 nitrogen and oxygen atoms in total. The third kappa shape index (κ3) is 4.50. The number of esters is 1. The summed E-state index contributed by atoms with van der Waals surface area (Å²) in [7, 11) is 0. The summed E-state index contributed by atoms with van der Waals surface area (Å²) in [6.07, 6.45) is 3.63. The van der Waals surface area contributed by atoms with Gasteiger partial charge in [0.1, 0.15) is 0 Å². The minimum absolute atomic E-state index is 0.113. The summed E-state index contributed by atoms with van der Waals surface area (Å²) >= 11 is 0. The Morgan fingerprint density at radius 1 is 0.967 bits per heavy atom. The molecule has 4 rings (SSSR count). The van der Waals surface area contributed by atoms with E-state index in [4.69, 9.17) is 4.74 Å². The van der Waals surface area contributed by atoms with Crippen LogP contribution in [0.2, 0.25) is 0 Å². The van der Waals surface area contributed by atoms with Crippen molar-refractivity contribution in [3.8, 4) is 0 Å². The van der Waals surface area contributed by atoms with E-state index in [-0.39, 0.29) is 24.9 Å². The summed E-state index contributed by atoms with van der Waals surface area (Å²) in [6.45, 7) is 6.97. The van der Waals surface area contributed by atoms with E-state index < -0.39 is 0 Å². The van der Waals surface area contributed by atoms with Gasteiger partial charge in [-0.3, -0.25) is 9.59 Å². The number of amides is 1. The number of rotatable bonds is 5. The Morgan fingerprint density at radius 3 is 2.53 bits per heavy atom. The molecule has 5 heteroatoms. The van der Waals surface area contributed by atoms with Crippen LogP contribution in [-0.2, 0) is 33.6 Å². The molecule has 0 N–H and O–H groups in total. The molecule has 2 aromatic carbocycles. The van der Waals surface area contributed by atoms with Crippen LogP contribution in [0.1, 0.15) is 34.2 Å². The molecule has 0 spiro atoms. The second-order valence-electron chi connectivity index (χ2n) is 8.38. The van der Waals surface area contributed by atoms with Crippen LogP contribution in [-0.4, -0.2) is 49.6 Å². The topological polar surface area (TPSA) is 49.9 Å². The van der Waals surface area contributed by atoms with Crippen LogP contribution in [0, 0.1) is 13.8 Å². The number of carbonyl (C=O) groups is 2. The van der Waals surface area contributed by atoms with Crippen LogP contribution in [0.5, 0.6) is 0 Å². The highest BCUT2D eigenvalue weighted by Crippen LogP contribution is 2.24. The molecule has 0 saturated carbocycles. The summed E-state index contributed by atoms with van der Waals surface area (Å²) in [5, 5.41) is 0. The molecular weight excluding hydrogens is 376 g/mol. The normalized spacial score (nSPS) is 15.8. The Kier molecular flexibility index (Phi) is 6.07. The van der Waals surface area contributed by atoms with Gasteiger partial charge in [0.15, 0.2) is 6.61 Å². The van der Waals surface area contributed by atoms with Gasteiger partial charge in [-0.25, -0.2) is 0 Å². The average Bonchev–Trinajstić information content (AvgIpc) is 3.22. The van der Waals surface area contributed by atoms with Crippen LogP contribution in [0.15, 0.2) is 36.4 Å². The number of piperazine rings is 1. The van der Waals surface area contributed by atoms with Gasteiger partial charge in [-0.05, 0) is 67.0 Å². The largest absolute Gasteiger partial charge is 0.455 e. The van der Waals surface area contributed by atoms with E-state index >= 15 is 0 Å². The molecule has 2 aliphatic rings. The summed E-state index contributed by atoms with van der Waals surface area (Å²) < 4.78 is 5.28. The lowest BCUT2D eigenvalue weighted by Crippen LogP contribution is -2.50. The summed E-state index contributed by atoms with van der Waals surface area (Å²) in [5.74, 6) is -0.451. The molecule has 1 aliphatic carbocycles. The van der Waals surface area contributed by atoms with E-state index in [0.29, 0.717) is 13.1 Å². The maximum Gasteiger partial charge on any atom is 0.310 e. The van der Waals surface area contributed by atoms with Crippen molar-refractivity contribution in [2.24, 2.45) is 0 Å². The van der Waals surface area contributed by atoms with Gasteiger partial charge >= 0.3 is 5.97 Å². The van der Waals surface area contributed by atoms with Gasteiger partial charge in [-0.1, -0.05) is 30.3 Å². The third-order valence-corrected chi connectivity index (χ3v) is 6.42. The Labute approximate surface area is 178 Å². The molecular formula is C25H30N2O3. The predicted octanol–water partition coefficient (Wildman–Crippen LogP) is 3.23. The molecule has 1 aliphatic heterocycles. The Balaban J connectivity index is 1.24. The third-order valence-electron chi connectivity index (χ3n) is 6.42. The summed E-state index contributed by atoms with van der Waals surface area (Å²) in [6, 6.07) is 12.6. The monoisotopic (exact) mass is 406 g/mol. The molecule has 1 saturated heterocycles. The summed E-state index contributed by atoms with van der Waals surface area (Å²) in [5.41, 5.74) is 7.51. The highest BCUT2D eigenvalue weighted by Gasteiger charge is 2.23. The highest BCUT2D eigenvalue weighted by atomic mass is 16.5. The van der Waals surface area contributed by atoms with Crippen molar-refractivity contribution in [1.29, 1.82) is 0 Å². The first-order valence-corrected chi connectivity index (χ1v) is 10.9. The van der Waals surface area contributed by atoms with E-state index in [2.05, 4.69) is 49.1 Å². The maximum atomic E-state index is 12.5. The Hall–Kier alpha value is -2.82. The lowest BCUT2D eigenvalue weighted by Gasteiger charge is -2.37. The first-order valence-electron chi connectivity index (χ1n) is 10.9. The van der Waals surface area contributed by atoms with Crippen molar-refractivity contribution in [2.45, 2.75) is 39.5 Å². The molecule has 2 aromatic rings. The van der Waals surface area contributed by atoms with Crippen molar-refractivity contribution >= 4 is 17.6 Å². The quantitative estimate of drug-likeness (QED) is 0.716.